The maximum Gasteiger partial charge on any atom is 0.410 e. The highest BCUT2D eigenvalue weighted by Gasteiger charge is 2.30. The third-order valence-electron chi connectivity index (χ3n) is 7.64. The first-order valence-corrected chi connectivity index (χ1v) is 13.4. The van der Waals surface area contributed by atoms with Gasteiger partial charge in [-0.2, -0.15) is 0 Å². The van der Waals surface area contributed by atoms with Crippen molar-refractivity contribution in [2.24, 2.45) is 5.92 Å². The van der Waals surface area contributed by atoms with E-state index in [0.29, 0.717) is 30.6 Å². The number of likely N-dealkylation sites (tertiary alicyclic amines) is 2. The van der Waals surface area contributed by atoms with Crippen molar-refractivity contribution in [1.82, 2.24) is 24.7 Å². The molecule has 37 heavy (non-hydrogen) atoms. The van der Waals surface area contributed by atoms with E-state index in [4.69, 9.17) is 9.72 Å². The van der Waals surface area contributed by atoms with Gasteiger partial charge in [-0.05, 0) is 64.5 Å². The number of imide groups is 1. The number of aromatic nitrogens is 2. The number of piperidine rings is 2. The first-order valence-electron chi connectivity index (χ1n) is 13.4. The van der Waals surface area contributed by atoms with Crippen LogP contribution >= 0.6 is 0 Å². The molecule has 2 aromatic heterocycles. The van der Waals surface area contributed by atoms with Crippen LogP contribution in [-0.2, 0) is 9.53 Å². The molecular weight excluding hydrogens is 472 g/mol. The number of carbonyl (C=O) groups is 3. The molecule has 1 N–H and O–H groups in total. The molecule has 200 valence electrons. The highest BCUT2D eigenvalue weighted by Crippen LogP contribution is 2.30. The summed E-state index contributed by atoms with van der Waals surface area (Å²) in [6, 6.07) is 4.05. The lowest BCUT2D eigenvalue weighted by Gasteiger charge is -2.38. The molecule has 0 aliphatic carbocycles. The summed E-state index contributed by atoms with van der Waals surface area (Å²) in [6.07, 6.45) is 8.13. The zero-order valence-electron chi connectivity index (χ0n) is 22.1. The molecule has 0 saturated carbocycles. The fourth-order valence-corrected chi connectivity index (χ4v) is 5.66. The zero-order valence-corrected chi connectivity index (χ0v) is 22.1. The summed E-state index contributed by atoms with van der Waals surface area (Å²) in [6.45, 7) is 10.8. The van der Waals surface area contributed by atoms with Crippen LogP contribution in [0, 0.1) is 5.92 Å². The third-order valence-corrected chi connectivity index (χ3v) is 7.64. The first kappa shape index (κ1) is 25.5. The summed E-state index contributed by atoms with van der Waals surface area (Å²) in [5.41, 5.74) is 1.19. The highest BCUT2D eigenvalue weighted by atomic mass is 16.6. The molecule has 3 saturated heterocycles. The molecule has 0 unspecified atom stereocenters. The second-order valence-corrected chi connectivity index (χ2v) is 11.5. The Morgan fingerprint density at radius 1 is 1.08 bits per heavy atom. The van der Waals surface area contributed by atoms with E-state index in [9.17, 15) is 14.4 Å². The van der Waals surface area contributed by atoms with Gasteiger partial charge in [0.2, 0.25) is 5.91 Å². The molecule has 2 aromatic rings. The number of rotatable bonds is 4. The van der Waals surface area contributed by atoms with E-state index in [2.05, 4.69) is 27.0 Å². The number of hydrogen-bond donors (Lipinski definition) is 1. The van der Waals surface area contributed by atoms with E-state index >= 15 is 0 Å². The lowest BCUT2D eigenvalue weighted by molar-refractivity contribution is -0.120. The van der Waals surface area contributed by atoms with Crippen LogP contribution in [0.1, 0.15) is 58.9 Å². The van der Waals surface area contributed by atoms with Gasteiger partial charge < -0.3 is 19.1 Å². The minimum atomic E-state index is -0.452. The number of urea groups is 1. The average Bonchev–Trinajstić information content (AvgIpc) is 3.27. The van der Waals surface area contributed by atoms with Crippen molar-refractivity contribution < 1.29 is 19.1 Å². The molecule has 3 aliphatic rings. The summed E-state index contributed by atoms with van der Waals surface area (Å²) >= 11 is 0. The van der Waals surface area contributed by atoms with Crippen molar-refractivity contribution in [1.29, 1.82) is 0 Å². The Balaban J connectivity index is 1.12. The van der Waals surface area contributed by atoms with E-state index in [-0.39, 0.29) is 18.0 Å². The number of carbonyl (C=O) groups excluding carboxylic acids is 3. The van der Waals surface area contributed by atoms with Crippen molar-refractivity contribution >= 4 is 34.8 Å². The molecule has 5 heterocycles. The minimum absolute atomic E-state index is 0.194. The van der Waals surface area contributed by atoms with Gasteiger partial charge in [0, 0.05) is 63.3 Å². The van der Waals surface area contributed by atoms with Crippen molar-refractivity contribution in [3.8, 4) is 0 Å². The highest BCUT2D eigenvalue weighted by molar-refractivity contribution is 6.06. The number of fused-ring (bicyclic) bond motifs is 1. The number of amides is 4. The van der Waals surface area contributed by atoms with Gasteiger partial charge in [-0.25, -0.2) is 14.6 Å². The van der Waals surface area contributed by atoms with Crippen LogP contribution in [0.15, 0.2) is 24.5 Å². The average molecular weight is 511 g/mol. The fraction of sp³-hybridized carbons (Fsp3) is 0.630. The van der Waals surface area contributed by atoms with E-state index in [1.54, 1.807) is 11.1 Å². The number of pyridine rings is 1. The SMILES string of the molecule is CC(C)(C)OC(=O)N1CCC(CN2CCC(n3ccc4cc(N5CCC(=O)NC5=O)cnc43)CC2)CC1. The molecule has 4 amide bonds. The fourth-order valence-electron chi connectivity index (χ4n) is 5.66. The molecule has 5 rings (SSSR count). The van der Waals surface area contributed by atoms with Gasteiger partial charge in [-0.15, -0.1) is 0 Å². The minimum Gasteiger partial charge on any atom is -0.444 e. The zero-order chi connectivity index (χ0) is 26.2. The van der Waals surface area contributed by atoms with Gasteiger partial charge in [0.1, 0.15) is 11.2 Å². The van der Waals surface area contributed by atoms with Crippen LogP contribution in [0.2, 0.25) is 0 Å². The maximum absolute atomic E-state index is 12.3. The summed E-state index contributed by atoms with van der Waals surface area (Å²) < 4.78 is 7.80. The molecule has 3 aliphatic heterocycles. The van der Waals surface area contributed by atoms with Crippen LogP contribution in [0.3, 0.4) is 0 Å². The molecule has 0 bridgehead atoms. The Hall–Kier alpha value is -3.14. The summed E-state index contributed by atoms with van der Waals surface area (Å²) in [7, 11) is 0. The third kappa shape index (κ3) is 5.89. The van der Waals surface area contributed by atoms with Crippen molar-refractivity contribution in [3.05, 3.63) is 24.5 Å². The van der Waals surface area contributed by atoms with Crippen LogP contribution in [-0.4, -0.2) is 82.3 Å². The molecule has 0 aromatic carbocycles. The van der Waals surface area contributed by atoms with Gasteiger partial charge in [-0.1, -0.05) is 0 Å². The molecule has 10 heteroatoms. The number of anilines is 1. The Kier molecular flexibility index (Phi) is 7.11. The Labute approximate surface area is 217 Å². The monoisotopic (exact) mass is 510 g/mol. The van der Waals surface area contributed by atoms with Crippen LogP contribution in [0.4, 0.5) is 15.3 Å². The van der Waals surface area contributed by atoms with Crippen LogP contribution in [0.5, 0.6) is 0 Å². The Morgan fingerprint density at radius 3 is 2.49 bits per heavy atom. The van der Waals surface area contributed by atoms with Gasteiger partial charge >= 0.3 is 12.1 Å². The van der Waals surface area contributed by atoms with Crippen molar-refractivity contribution in [2.45, 2.75) is 64.5 Å². The molecule has 3 fully saturated rings. The normalized spacial score (nSPS) is 20.9. The van der Waals surface area contributed by atoms with Gasteiger partial charge in [-0.3, -0.25) is 15.0 Å². The van der Waals surface area contributed by atoms with E-state index in [0.717, 1.165) is 69.4 Å². The van der Waals surface area contributed by atoms with E-state index < -0.39 is 5.60 Å². The molecule has 0 radical (unpaired) electrons. The summed E-state index contributed by atoms with van der Waals surface area (Å²) in [5.74, 6) is 0.379. The molecule has 0 spiro atoms. The molecule has 0 atom stereocenters. The standard InChI is InChI=1S/C27H38N6O4/c1-27(2,3)37-26(36)31-12-4-19(5-13-31)18-30-10-7-21(8-11-30)32-14-6-20-16-22(17-28-24(20)32)33-15-9-23(34)29-25(33)35/h6,14,16-17,19,21H,4-5,7-13,15,18H2,1-3H3,(H,29,34,35). The van der Waals surface area contributed by atoms with Crippen LogP contribution < -0.4 is 10.2 Å². The Bertz CT molecular complexity index is 1160. The van der Waals surface area contributed by atoms with Crippen molar-refractivity contribution in [3.63, 3.8) is 0 Å². The van der Waals surface area contributed by atoms with E-state index in [1.165, 1.54) is 0 Å². The van der Waals surface area contributed by atoms with Crippen LogP contribution in [0.25, 0.3) is 11.0 Å². The van der Waals surface area contributed by atoms with Gasteiger partial charge in [0.05, 0.1) is 11.9 Å². The summed E-state index contributed by atoms with van der Waals surface area (Å²) in [4.78, 5) is 46.7. The second-order valence-electron chi connectivity index (χ2n) is 11.5. The first-order chi connectivity index (χ1) is 17.7. The predicted molar refractivity (Wildman–Crippen MR) is 140 cm³/mol. The quantitative estimate of drug-likeness (QED) is 0.672. The lowest BCUT2D eigenvalue weighted by atomic mass is 9.95. The number of nitrogens with zero attached hydrogens (tertiary/aromatic N) is 5. The number of ether oxygens (including phenoxy) is 1. The molecule has 10 nitrogen and oxygen atoms in total. The topological polar surface area (TPSA) is 100 Å². The van der Waals surface area contributed by atoms with Gasteiger partial charge in [0.25, 0.3) is 0 Å². The number of nitrogens with one attached hydrogen (secondary N) is 1. The van der Waals surface area contributed by atoms with Gasteiger partial charge in [0.15, 0.2) is 0 Å². The summed E-state index contributed by atoms with van der Waals surface area (Å²) in [5, 5.41) is 3.37. The smallest absolute Gasteiger partial charge is 0.410 e. The predicted octanol–water partition coefficient (Wildman–Crippen LogP) is 3.77. The van der Waals surface area contributed by atoms with E-state index in [1.807, 2.05) is 31.7 Å². The Morgan fingerprint density at radius 2 is 1.81 bits per heavy atom. The lowest BCUT2D eigenvalue weighted by Crippen LogP contribution is -2.49. The maximum atomic E-state index is 12.3. The van der Waals surface area contributed by atoms with Crippen molar-refractivity contribution in [2.75, 3.05) is 44.2 Å². The molecular formula is C27H38N6O4. The largest absolute Gasteiger partial charge is 0.444 e. The number of hydrogen-bond acceptors (Lipinski definition) is 6. The second kappa shape index (κ2) is 10.3.